The normalized spacial score (nSPS) is 12.4. The molecule has 114 valence electrons. The molecule has 0 radical (unpaired) electrons. The highest BCUT2D eigenvalue weighted by atomic mass is 35.5. The van der Waals surface area contributed by atoms with Gasteiger partial charge in [-0.3, -0.25) is 0 Å². The van der Waals surface area contributed by atoms with Crippen LogP contribution >= 0.6 is 11.6 Å². The molecule has 1 aromatic carbocycles. The molecule has 0 heterocycles. The molecule has 1 N–H and O–H groups in total. The van der Waals surface area contributed by atoms with Crippen molar-refractivity contribution >= 4 is 17.3 Å². The van der Waals surface area contributed by atoms with E-state index in [0.717, 1.165) is 24.7 Å². The van der Waals surface area contributed by atoms with Gasteiger partial charge in [0.05, 0.1) is 6.61 Å². The third-order valence-electron chi connectivity index (χ3n) is 3.59. The van der Waals surface area contributed by atoms with Gasteiger partial charge in [-0.1, -0.05) is 31.0 Å². The Morgan fingerprint density at radius 3 is 2.80 bits per heavy atom. The van der Waals surface area contributed by atoms with E-state index in [1.54, 1.807) is 7.11 Å². The first-order chi connectivity index (χ1) is 9.60. The molecule has 3 nitrogen and oxygen atoms in total. The van der Waals surface area contributed by atoms with Crippen LogP contribution in [0.4, 0.5) is 5.69 Å². The van der Waals surface area contributed by atoms with E-state index in [9.17, 15) is 0 Å². The van der Waals surface area contributed by atoms with Gasteiger partial charge in [-0.05, 0) is 31.0 Å². The first-order valence-electron chi connectivity index (χ1n) is 7.31. The maximum atomic E-state index is 6.16. The van der Waals surface area contributed by atoms with Gasteiger partial charge in [0.1, 0.15) is 0 Å². The quantitative estimate of drug-likeness (QED) is 0.704. The Balaban J connectivity index is 2.78. The second-order valence-corrected chi connectivity index (χ2v) is 5.63. The van der Waals surface area contributed by atoms with Crippen LogP contribution in [0.3, 0.4) is 0 Å². The highest BCUT2D eigenvalue weighted by molar-refractivity contribution is 6.30. The average molecular weight is 299 g/mol. The van der Waals surface area contributed by atoms with E-state index >= 15 is 0 Å². The van der Waals surface area contributed by atoms with Crippen molar-refractivity contribution in [1.29, 1.82) is 0 Å². The zero-order valence-corrected chi connectivity index (χ0v) is 13.8. The van der Waals surface area contributed by atoms with E-state index in [1.165, 1.54) is 24.1 Å². The van der Waals surface area contributed by atoms with Crippen molar-refractivity contribution in [2.75, 3.05) is 32.2 Å². The van der Waals surface area contributed by atoms with Gasteiger partial charge in [0.25, 0.3) is 0 Å². The summed E-state index contributed by atoms with van der Waals surface area (Å²) >= 11 is 6.16. The number of methoxy groups -OCH3 is 1. The Labute approximate surface area is 128 Å². The van der Waals surface area contributed by atoms with E-state index in [4.69, 9.17) is 16.3 Å². The topological polar surface area (TPSA) is 24.5 Å². The summed E-state index contributed by atoms with van der Waals surface area (Å²) in [6, 6.07) is 6.63. The number of ether oxygens (including phenoxy) is 1. The first kappa shape index (κ1) is 17.3. The van der Waals surface area contributed by atoms with Gasteiger partial charge in [-0.25, -0.2) is 0 Å². The molecule has 0 saturated heterocycles. The van der Waals surface area contributed by atoms with E-state index in [0.29, 0.717) is 6.04 Å². The second-order valence-electron chi connectivity index (χ2n) is 5.19. The van der Waals surface area contributed by atoms with Crippen molar-refractivity contribution in [3.05, 3.63) is 28.8 Å². The van der Waals surface area contributed by atoms with E-state index in [1.807, 2.05) is 6.07 Å². The highest BCUT2D eigenvalue weighted by Crippen LogP contribution is 2.26. The smallest absolute Gasteiger partial charge is 0.0587 e. The summed E-state index contributed by atoms with van der Waals surface area (Å²) in [6.07, 6.45) is 2.37. The lowest BCUT2D eigenvalue weighted by Gasteiger charge is -2.29. The van der Waals surface area contributed by atoms with E-state index in [-0.39, 0.29) is 0 Å². The predicted molar refractivity (Wildman–Crippen MR) is 87.8 cm³/mol. The summed E-state index contributed by atoms with van der Waals surface area (Å²) in [5, 5.41) is 4.18. The number of hydrogen-bond acceptors (Lipinski definition) is 3. The standard InChI is InChI=1S/C16H27ClN2O/c1-5-6-13(2)19(3)16-11-15(17)8-7-14(16)12-18-9-10-20-4/h7-8,11,13,18H,5-6,9-10,12H2,1-4H3. The molecule has 0 amide bonds. The molecule has 0 fully saturated rings. The van der Waals surface area contributed by atoms with Gasteiger partial charge < -0.3 is 15.0 Å². The molecular weight excluding hydrogens is 272 g/mol. The zero-order chi connectivity index (χ0) is 15.0. The summed E-state index contributed by atoms with van der Waals surface area (Å²) < 4.78 is 5.05. The fraction of sp³-hybridized carbons (Fsp3) is 0.625. The average Bonchev–Trinajstić information content (AvgIpc) is 2.44. The van der Waals surface area contributed by atoms with Crippen molar-refractivity contribution < 1.29 is 4.74 Å². The highest BCUT2D eigenvalue weighted by Gasteiger charge is 2.13. The fourth-order valence-electron chi connectivity index (χ4n) is 2.26. The molecule has 1 aromatic rings. The summed E-state index contributed by atoms with van der Waals surface area (Å²) in [5.41, 5.74) is 2.49. The molecule has 0 spiro atoms. The molecule has 0 aliphatic heterocycles. The van der Waals surface area contributed by atoms with Crippen LogP contribution in [-0.2, 0) is 11.3 Å². The molecular formula is C16H27ClN2O. The third-order valence-corrected chi connectivity index (χ3v) is 3.83. The Hall–Kier alpha value is -0.770. The minimum absolute atomic E-state index is 0.510. The second kappa shape index (κ2) is 9.22. The van der Waals surface area contributed by atoms with Gasteiger partial charge in [0, 0.05) is 44.0 Å². The Kier molecular flexibility index (Phi) is 7.97. The van der Waals surface area contributed by atoms with E-state index < -0.39 is 0 Å². The Morgan fingerprint density at radius 2 is 2.15 bits per heavy atom. The van der Waals surface area contributed by atoms with Gasteiger partial charge >= 0.3 is 0 Å². The molecule has 4 heteroatoms. The molecule has 20 heavy (non-hydrogen) atoms. The lowest BCUT2D eigenvalue weighted by molar-refractivity contribution is 0.199. The van der Waals surface area contributed by atoms with Gasteiger partial charge in [-0.2, -0.15) is 0 Å². The van der Waals surface area contributed by atoms with Crippen LogP contribution in [0.15, 0.2) is 18.2 Å². The molecule has 1 rings (SSSR count). The van der Waals surface area contributed by atoms with Crippen LogP contribution in [0.5, 0.6) is 0 Å². The predicted octanol–water partition coefficient (Wildman–Crippen LogP) is 3.70. The van der Waals surface area contributed by atoms with E-state index in [2.05, 4.69) is 43.2 Å². The number of nitrogens with zero attached hydrogens (tertiary/aromatic N) is 1. The lowest BCUT2D eigenvalue weighted by atomic mass is 10.1. The number of rotatable bonds is 9. The minimum Gasteiger partial charge on any atom is -0.383 e. The Bertz CT molecular complexity index is 398. The summed E-state index contributed by atoms with van der Waals surface area (Å²) in [7, 11) is 3.86. The molecule has 0 aliphatic carbocycles. The summed E-state index contributed by atoms with van der Waals surface area (Å²) in [6.45, 7) is 6.89. The van der Waals surface area contributed by atoms with Crippen LogP contribution in [0.1, 0.15) is 32.3 Å². The minimum atomic E-state index is 0.510. The molecule has 0 bridgehead atoms. The molecule has 0 aliphatic rings. The molecule has 0 saturated carbocycles. The fourth-order valence-corrected chi connectivity index (χ4v) is 2.43. The monoisotopic (exact) mass is 298 g/mol. The maximum Gasteiger partial charge on any atom is 0.0587 e. The van der Waals surface area contributed by atoms with Crippen LogP contribution in [0.25, 0.3) is 0 Å². The van der Waals surface area contributed by atoms with Crippen LogP contribution in [0.2, 0.25) is 5.02 Å². The number of nitrogens with one attached hydrogen (secondary N) is 1. The van der Waals surface area contributed by atoms with Crippen molar-refractivity contribution in [3.8, 4) is 0 Å². The Morgan fingerprint density at radius 1 is 1.40 bits per heavy atom. The first-order valence-corrected chi connectivity index (χ1v) is 7.68. The molecule has 0 aromatic heterocycles. The number of hydrogen-bond donors (Lipinski definition) is 1. The van der Waals surface area contributed by atoms with Gasteiger partial charge in [0.2, 0.25) is 0 Å². The number of benzene rings is 1. The maximum absolute atomic E-state index is 6.16. The van der Waals surface area contributed by atoms with Crippen molar-refractivity contribution in [2.45, 2.75) is 39.3 Å². The zero-order valence-electron chi connectivity index (χ0n) is 13.1. The number of halogens is 1. The van der Waals surface area contributed by atoms with Gasteiger partial charge in [-0.15, -0.1) is 0 Å². The van der Waals surface area contributed by atoms with Crippen LogP contribution in [-0.4, -0.2) is 33.4 Å². The molecule has 1 unspecified atom stereocenters. The summed E-state index contributed by atoms with van der Waals surface area (Å²) in [5.74, 6) is 0. The SMILES string of the molecule is CCCC(C)N(C)c1cc(Cl)ccc1CNCCOC. The van der Waals surface area contributed by atoms with Crippen molar-refractivity contribution in [3.63, 3.8) is 0 Å². The third kappa shape index (κ3) is 5.31. The summed E-state index contributed by atoms with van der Waals surface area (Å²) in [4.78, 5) is 2.32. The largest absolute Gasteiger partial charge is 0.383 e. The van der Waals surface area contributed by atoms with Crippen LogP contribution in [0, 0.1) is 0 Å². The van der Waals surface area contributed by atoms with Crippen molar-refractivity contribution in [2.24, 2.45) is 0 Å². The van der Waals surface area contributed by atoms with Gasteiger partial charge in [0.15, 0.2) is 0 Å². The lowest BCUT2D eigenvalue weighted by Crippen LogP contribution is -2.30. The van der Waals surface area contributed by atoms with Crippen LogP contribution < -0.4 is 10.2 Å². The number of anilines is 1. The molecule has 1 atom stereocenters. The van der Waals surface area contributed by atoms with Crippen molar-refractivity contribution in [1.82, 2.24) is 5.32 Å².